The first-order chi connectivity index (χ1) is 13.9. The van der Waals surface area contributed by atoms with Crippen LogP contribution < -0.4 is 14.8 Å². The molecule has 0 bridgehead atoms. The van der Waals surface area contributed by atoms with Crippen molar-refractivity contribution < 1.29 is 14.3 Å². The molecule has 1 aliphatic heterocycles. The zero-order valence-corrected chi connectivity index (χ0v) is 18.0. The number of carbonyl (C=O) groups excluding carboxylic acids is 1. The molecule has 1 fully saturated rings. The van der Waals surface area contributed by atoms with Crippen molar-refractivity contribution in [2.75, 3.05) is 26.7 Å². The highest BCUT2D eigenvalue weighted by Crippen LogP contribution is 2.27. The number of hydrogen-bond donors (Lipinski definition) is 1. The Bertz CT molecular complexity index is 800. The van der Waals surface area contributed by atoms with E-state index in [1.54, 1.807) is 45.2 Å². The molecule has 0 unspecified atom stereocenters. The van der Waals surface area contributed by atoms with Gasteiger partial charge in [0.15, 0.2) is 5.60 Å². The van der Waals surface area contributed by atoms with Gasteiger partial charge in [-0.15, -0.1) is 0 Å². The number of ether oxygens (including phenoxy) is 2. The maximum Gasteiger partial charge on any atom is 0.263 e. The highest BCUT2D eigenvalue weighted by molar-refractivity contribution is 6.30. The molecule has 0 saturated carbocycles. The number of rotatable bonds is 8. The molecule has 6 heteroatoms. The molecule has 1 aliphatic rings. The second-order valence-corrected chi connectivity index (χ2v) is 8.24. The van der Waals surface area contributed by atoms with Crippen LogP contribution in [0.2, 0.25) is 5.02 Å². The summed E-state index contributed by atoms with van der Waals surface area (Å²) >= 11 is 5.92. The Kier molecular flexibility index (Phi) is 7.04. The molecular weight excluding hydrogens is 388 g/mol. The highest BCUT2D eigenvalue weighted by atomic mass is 35.5. The van der Waals surface area contributed by atoms with Gasteiger partial charge in [0.25, 0.3) is 5.91 Å². The Morgan fingerprint density at radius 1 is 1.07 bits per heavy atom. The van der Waals surface area contributed by atoms with Crippen molar-refractivity contribution >= 4 is 17.5 Å². The van der Waals surface area contributed by atoms with Crippen LogP contribution in [0, 0.1) is 0 Å². The Morgan fingerprint density at radius 3 is 2.24 bits per heavy atom. The number of benzene rings is 2. The lowest BCUT2D eigenvalue weighted by molar-refractivity contribution is -0.134. The predicted octanol–water partition coefficient (Wildman–Crippen LogP) is 4.46. The number of halogens is 1. The minimum atomic E-state index is -0.997. The summed E-state index contributed by atoms with van der Waals surface area (Å²) in [6, 6.07) is 15.2. The third kappa shape index (κ3) is 5.64. The summed E-state index contributed by atoms with van der Waals surface area (Å²) < 4.78 is 11.2. The van der Waals surface area contributed by atoms with Crippen LogP contribution in [0.4, 0.5) is 0 Å². The van der Waals surface area contributed by atoms with Crippen LogP contribution in [0.15, 0.2) is 48.5 Å². The van der Waals surface area contributed by atoms with E-state index in [2.05, 4.69) is 22.3 Å². The van der Waals surface area contributed by atoms with Crippen molar-refractivity contribution in [1.82, 2.24) is 10.2 Å². The van der Waals surface area contributed by atoms with Gasteiger partial charge in [-0.05, 0) is 81.7 Å². The normalized spacial score (nSPS) is 15.7. The minimum absolute atomic E-state index is 0.124. The highest BCUT2D eigenvalue weighted by Gasteiger charge is 2.31. The third-order valence-electron chi connectivity index (χ3n) is 5.27. The van der Waals surface area contributed by atoms with Crippen molar-refractivity contribution in [2.24, 2.45) is 0 Å². The average Bonchev–Trinajstić information content (AvgIpc) is 3.24. The Balaban J connectivity index is 1.67. The topological polar surface area (TPSA) is 50.8 Å². The molecule has 2 aromatic carbocycles. The number of carbonyl (C=O) groups is 1. The monoisotopic (exact) mass is 416 g/mol. The maximum atomic E-state index is 12.9. The molecule has 1 amide bonds. The summed E-state index contributed by atoms with van der Waals surface area (Å²) in [5.74, 6) is 1.29. The van der Waals surface area contributed by atoms with Gasteiger partial charge in [-0.3, -0.25) is 9.69 Å². The van der Waals surface area contributed by atoms with E-state index in [1.807, 2.05) is 12.1 Å². The molecule has 0 aliphatic carbocycles. The van der Waals surface area contributed by atoms with E-state index in [1.165, 1.54) is 18.4 Å². The van der Waals surface area contributed by atoms with Crippen LogP contribution in [0.1, 0.15) is 38.3 Å². The molecule has 0 radical (unpaired) electrons. The number of likely N-dealkylation sites (tertiary alicyclic amines) is 1. The van der Waals surface area contributed by atoms with Crippen molar-refractivity contribution in [3.63, 3.8) is 0 Å². The molecule has 1 heterocycles. The van der Waals surface area contributed by atoms with Crippen LogP contribution in [0.5, 0.6) is 11.5 Å². The van der Waals surface area contributed by atoms with Crippen LogP contribution in [-0.4, -0.2) is 43.2 Å². The van der Waals surface area contributed by atoms with Gasteiger partial charge in [-0.2, -0.15) is 0 Å². The molecule has 0 aromatic heterocycles. The number of methoxy groups -OCH3 is 1. The number of nitrogens with zero attached hydrogens (tertiary/aromatic N) is 1. The smallest absolute Gasteiger partial charge is 0.263 e. The van der Waals surface area contributed by atoms with Crippen LogP contribution in [0.25, 0.3) is 0 Å². The molecule has 3 rings (SSSR count). The van der Waals surface area contributed by atoms with Gasteiger partial charge in [0.1, 0.15) is 11.5 Å². The molecule has 1 atom stereocenters. The van der Waals surface area contributed by atoms with Crippen molar-refractivity contribution in [3.8, 4) is 11.5 Å². The molecule has 156 valence electrons. The second kappa shape index (κ2) is 9.51. The second-order valence-electron chi connectivity index (χ2n) is 7.81. The zero-order valence-electron chi connectivity index (χ0n) is 17.3. The van der Waals surface area contributed by atoms with E-state index in [-0.39, 0.29) is 11.9 Å². The SMILES string of the molecule is COc1ccc([C@H](CNC(=O)C(C)(C)Oc2ccc(Cl)cc2)N2CCCC2)cc1. The molecule has 2 aromatic rings. The van der Waals surface area contributed by atoms with Gasteiger partial charge in [-0.1, -0.05) is 23.7 Å². The van der Waals surface area contributed by atoms with Crippen LogP contribution in [-0.2, 0) is 4.79 Å². The van der Waals surface area contributed by atoms with E-state index in [9.17, 15) is 4.79 Å². The first-order valence-corrected chi connectivity index (χ1v) is 10.4. The summed E-state index contributed by atoms with van der Waals surface area (Å²) in [6.45, 7) is 6.15. The third-order valence-corrected chi connectivity index (χ3v) is 5.52. The molecule has 5 nitrogen and oxygen atoms in total. The van der Waals surface area contributed by atoms with E-state index in [0.29, 0.717) is 17.3 Å². The van der Waals surface area contributed by atoms with Gasteiger partial charge >= 0.3 is 0 Å². The fraction of sp³-hybridized carbons (Fsp3) is 0.435. The van der Waals surface area contributed by atoms with Gasteiger partial charge < -0.3 is 14.8 Å². The fourth-order valence-electron chi connectivity index (χ4n) is 3.58. The largest absolute Gasteiger partial charge is 0.497 e. The van der Waals surface area contributed by atoms with E-state index in [4.69, 9.17) is 21.1 Å². The molecular formula is C23H29ClN2O3. The average molecular weight is 417 g/mol. The Hall–Kier alpha value is -2.24. The fourth-order valence-corrected chi connectivity index (χ4v) is 3.71. The van der Waals surface area contributed by atoms with E-state index in [0.717, 1.165) is 18.8 Å². The zero-order chi connectivity index (χ0) is 20.9. The Morgan fingerprint density at radius 2 is 1.66 bits per heavy atom. The summed E-state index contributed by atoms with van der Waals surface area (Å²) in [5, 5.41) is 3.73. The van der Waals surface area contributed by atoms with Crippen LogP contribution >= 0.6 is 11.6 Å². The van der Waals surface area contributed by atoms with Gasteiger partial charge in [0.05, 0.1) is 13.2 Å². The predicted molar refractivity (Wildman–Crippen MR) is 116 cm³/mol. The van der Waals surface area contributed by atoms with E-state index >= 15 is 0 Å². The van der Waals surface area contributed by atoms with Gasteiger partial charge in [-0.25, -0.2) is 0 Å². The lowest BCUT2D eigenvalue weighted by Gasteiger charge is -2.31. The standard InChI is InChI=1S/C23H29ClN2O3/c1-23(2,29-20-12-8-18(24)9-13-20)22(27)25-16-21(26-14-4-5-15-26)17-6-10-19(28-3)11-7-17/h6-13,21H,4-5,14-16H2,1-3H3,(H,25,27)/t21-/m0/s1. The molecule has 1 N–H and O–H groups in total. The minimum Gasteiger partial charge on any atom is -0.497 e. The first kappa shape index (κ1) is 21.5. The molecule has 1 saturated heterocycles. The lowest BCUT2D eigenvalue weighted by atomic mass is 10.0. The number of nitrogens with one attached hydrogen (secondary N) is 1. The van der Waals surface area contributed by atoms with Crippen molar-refractivity contribution in [1.29, 1.82) is 0 Å². The van der Waals surface area contributed by atoms with E-state index < -0.39 is 5.60 Å². The van der Waals surface area contributed by atoms with Gasteiger partial charge in [0, 0.05) is 11.6 Å². The molecule has 29 heavy (non-hydrogen) atoms. The first-order valence-electron chi connectivity index (χ1n) is 10.00. The lowest BCUT2D eigenvalue weighted by Crippen LogP contribution is -2.48. The van der Waals surface area contributed by atoms with Crippen LogP contribution in [0.3, 0.4) is 0 Å². The summed E-state index contributed by atoms with van der Waals surface area (Å²) in [5.41, 5.74) is 0.174. The summed E-state index contributed by atoms with van der Waals surface area (Å²) in [6.07, 6.45) is 2.37. The summed E-state index contributed by atoms with van der Waals surface area (Å²) in [7, 11) is 1.66. The van der Waals surface area contributed by atoms with Crippen molar-refractivity contribution in [3.05, 3.63) is 59.1 Å². The number of amides is 1. The quantitative estimate of drug-likeness (QED) is 0.690. The van der Waals surface area contributed by atoms with Gasteiger partial charge in [0.2, 0.25) is 0 Å². The Labute approximate surface area is 177 Å². The molecule has 0 spiro atoms. The number of hydrogen-bond acceptors (Lipinski definition) is 4. The van der Waals surface area contributed by atoms with Crippen molar-refractivity contribution in [2.45, 2.75) is 38.3 Å². The summed E-state index contributed by atoms with van der Waals surface area (Å²) in [4.78, 5) is 15.3. The maximum absolute atomic E-state index is 12.9.